The predicted molar refractivity (Wildman–Crippen MR) is 71.5 cm³/mol. The molecule has 0 saturated carbocycles. The molecule has 1 nitrogen and oxygen atoms in total. The lowest BCUT2D eigenvalue weighted by Gasteiger charge is -2.16. The van der Waals surface area contributed by atoms with Gasteiger partial charge in [0, 0.05) is 27.2 Å². The molecular formula is C13H8BrClF3N. The molecule has 2 rings (SSSR count). The zero-order valence-electron chi connectivity index (χ0n) is 9.43. The van der Waals surface area contributed by atoms with Crippen molar-refractivity contribution in [3.63, 3.8) is 0 Å². The van der Waals surface area contributed by atoms with Crippen molar-refractivity contribution in [2.75, 3.05) is 0 Å². The molecule has 0 aliphatic rings. The molecule has 100 valence electrons. The van der Waals surface area contributed by atoms with Crippen LogP contribution in [0.2, 0.25) is 5.02 Å². The van der Waals surface area contributed by atoms with Crippen LogP contribution in [0.25, 0.3) is 0 Å². The van der Waals surface area contributed by atoms with Crippen LogP contribution in [0.4, 0.5) is 13.2 Å². The van der Waals surface area contributed by atoms with E-state index in [0.29, 0.717) is 22.2 Å². The van der Waals surface area contributed by atoms with Gasteiger partial charge in [-0.25, -0.2) is 13.2 Å². The van der Waals surface area contributed by atoms with E-state index in [2.05, 4.69) is 15.9 Å². The molecule has 2 aromatic rings. The Morgan fingerprint density at radius 1 is 1.05 bits per heavy atom. The maximum absolute atomic E-state index is 13.7. The maximum Gasteiger partial charge on any atom is 0.134 e. The minimum absolute atomic E-state index is 0.277. The Balaban J connectivity index is 2.56. The van der Waals surface area contributed by atoms with Gasteiger partial charge in [0.1, 0.15) is 17.5 Å². The van der Waals surface area contributed by atoms with Crippen molar-refractivity contribution in [1.29, 1.82) is 0 Å². The third-order valence-corrected chi connectivity index (χ3v) is 3.49. The van der Waals surface area contributed by atoms with Gasteiger partial charge in [0.05, 0.1) is 6.04 Å². The summed E-state index contributed by atoms with van der Waals surface area (Å²) >= 11 is 9.18. The van der Waals surface area contributed by atoms with Crippen molar-refractivity contribution in [2.45, 2.75) is 6.04 Å². The summed E-state index contributed by atoms with van der Waals surface area (Å²) in [7, 11) is 0. The number of halogens is 5. The Bertz CT molecular complexity index is 610. The van der Waals surface area contributed by atoms with Gasteiger partial charge in [-0.3, -0.25) is 0 Å². The van der Waals surface area contributed by atoms with Gasteiger partial charge in [-0.05, 0) is 23.8 Å². The molecule has 19 heavy (non-hydrogen) atoms. The van der Waals surface area contributed by atoms with Crippen LogP contribution in [-0.4, -0.2) is 0 Å². The van der Waals surface area contributed by atoms with Crippen LogP contribution < -0.4 is 5.73 Å². The monoisotopic (exact) mass is 349 g/mol. The van der Waals surface area contributed by atoms with E-state index in [-0.39, 0.29) is 5.02 Å². The fourth-order valence-corrected chi connectivity index (χ4v) is 2.37. The van der Waals surface area contributed by atoms with Gasteiger partial charge in [-0.1, -0.05) is 27.5 Å². The minimum Gasteiger partial charge on any atom is -0.320 e. The standard InChI is InChI=1S/C13H8BrClF3N/c14-6-1-2-9(15)8(3-6)13(19)12-10(17)4-7(16)5-11(12)18/h1-5,13H,19H2. The molecule has 0 aromatic heterocycles. The van der Waals surface area contributed by atoms with Crippen LogP contribution in [0.5, 0.6) is 0 Å². The van der Waals surface area contributed by atoms with Crippen LogP contribution in [0.1, 0.15) is 17.2 Å². The molecule has 1 unspecified atom stereocenters. The molecule has 0 aliphatic carbocycles. The molecule has 0 radical (unpaired) electrons. The van der Waals surface area contributed by atoms with Crippen LogP contribution >= 0.6 is 27.5 Å². The lowest BCUT2D eigenvalue weighted by molar-refractivity contribution is 0.515. The smallest absolute Gasteiger partial charge is 0.134 e. The molecule has 0 spiro atoms. The first kappa shape index (κ1) is 14.4. The second-order valence-corrected chi connectivity index (χ2v) is 5.25. The van der Waals surface area contributed by atoms with Gasteiger partial charge in [-0.2, -0.15) is 0 Å². The fourth-order valence-electron chi connectivity index (χ4n) is 1.76. The van der Waals surface area contributed by atoms with E-state index in [1.165, 1.54) is 0 Å². The van der Waals surface area contributed by atoms with E-state index in [0.717, 1.165) is 0 Å². The highest BCUT2D eigenvalue weighted by Crippen LogP contribution is 2.32. The van der Waals surface area contributed by atoms with Crippen LogP contribution in [0.3, 0.4) is 0 Å². The highest BCUT2D eigenvalue weighted by atomic mass is 79.9. The van der Waals surface area contributed by atoms with Gasteiger partial charge in [0.25, 0.3) is 0 Å². The summed E-state index contributed by atoms with van der Waals surface area (Å²) in [5.41, 5.74) is 5.76. The molecular weight excluding hydrogens is 343 g/mol. The first-order valence-electron chi connectivity index (χ1n) is 5.25. The second kappa shape index (κ2) is 5.53. The molecule has 2 N–H and O–H groups in total. The van der Waals surface area contributed by atoms with E-state index in [1.54, 1.807) is 18.2 Å². The van der Waals surface area contributed by atoms with Crippen LogP contribution in [0.15, 0.2) is 34.8 Å². The van der Waals surface area contributed by atoms with Crippen molar-refractivity contribution < 1.29 is 13.2 Å². The number of rotatable bonds is 2. The summed E-state index contributed by atoms with van der Waals surface area (Å²) in [5.74, 6) is -3.08. The molecule has 0 aliphatic heterocycles. The minimum atomic E-state index is -1.12. The summed E-state index contributed by atoms with van der Waals surface area (Å²) in [6, 6.07) is 4.85. The Morgan fingerprint density at radius 2 is 1.63 bits per heavy atom. The van der Waals surface area contributed by atoms with E-state index >= 15 is 0 Å². The molecule has 1 atom stereocenters. The molecule has 0 heterocycles. The zero-order valence-corrected chi connectivity index (χ0v) is 11.8. The fraction of sp³-hybridized carbons (Fsp3) is 0.0769. The van der Waals surface area contributed by atoms with E-state index in [1.807, 2.05) is 0 Å². The Kier molecular flexibility index (Phi) is 4.18. The summed E-state index contributed by atoms with van der Waals surface area (Å²) < 4.78 is 40.9. The highest BCUT2D eigenvalue weighted by molar-refractivity contribution is 9.10. The summed E-state index contributed by atoms with van der Waals surface area (Å²) in [5, 5.41) is 0.277. The molecule has 0 bridgehead atoms. The maximum atomic E-state index is 13.7. The summed E-state index contributed by atoms with van der Waals surface area (Å²) in [6.45, 7) is 0. The topological polar surface area (TPSA) is 26.0 Å². The van der Waals surface area contributed by atoms with E-state index in [4.69, 9.17) is 17.3 Å². The van der Waals surface area contributed by atoms with Crippen LogP contribution in [-0.2, 0) is 0 Å². The first-order valence-corrected chi connectivity index (χ1v) is 6.42. The van der Waals surface area contributed by atoms with Gasteiger partial charge >= 0.3 is 0 Å². The highest BCUT2D eigenvalue weighted by Gasteiger charge is 2.21. The average Bonchev–Trinajstić information content (AvgIpc) is 2.30. The zero-order chi connectivity index (χ0) is 14.2. The summed E-state index contributed by atoms with van der Waals surface area (Å²) in [4.78, 5) is 0. The van der Waals surface area contributed by atoms with E-state index in [9.17, 15) is 13.2 Å². The Labute approximate surface area is 121 Å². The number of hydrogen-bond acceptors (Lipinski definition) is 1. The van der Waals surface area contributed by atoms with Crippen molar-refractivity contribution >= 4 is 27.5 Å². The molecule has 0 saturated heterocycles. The van der Waals surface area contributed by atoms with Crippen molar-refractivity contribution in [3.05, 3.63) is 68.4 Å². The van der Waals surface area contributed by atoms with Crippen LogP contribution in [0, 0.1) is 17.5 Å². The normalized spacial score (nSPS) is 12.5. The molecule has 0 fully saturated rings. The van der Waals surface area contributed by atoms with E-state index < -0.39 is 29.1 Å². The third kappa shape index (κ3) is 2.94. The second-order valence-electron chi connectivity index (χ2n) is 3.93. The Morgan fingerprint density at radius 3 is 2.21 bits per heavy atom. The molecule has 0 amide bonds. The number of nitrogens with two attached hydrogens (primary N) is 1. The Hall–Kier alpha value is -1.04. The van der Waals surface area contributed by atoms with Gasteiger partial charge < -0.3 is 5.73 Å². The van der Waals surface area contributed by atoms with Gasteiger partial charge in [-0.15, -0.1) is 0 Å². The van der Waals surface area contributed by atoms with Crippen molar-refractivity contribution in [1.82, 2.24) is 0 Å². The molecule has 6 heteroatoms. The molecule has 2 aromatic carbocycles. The summed E-state index contributed by atoms with van der Waals surface area (Å²) in [6.07, 6.45) is 0. The largest absolute Gasteiger partial charge is 0.320 e. The lowest BCUT2D eigenvalue weighted by Crippen LogP contribution is -2.16. The van der Waals surface area contributed by atoms with Crippen molar-refractivity contribution in [3.8, 4) is 0 Å². The first-order chi connectivity index (χ1) is 8.90. The van der Waals surface area contributed by atoms with Gasteiger partial charge in [0.2, 0.25) is 0 Å². The lowest BCUT2D eigenvalue weighted by atomic mass is 9.98. The third-order valence-electron chi connectivity index (χ3n) is 2.65. The van der Waals surface area contributed by atoms with Gasteiger partial charge in [0.15, 0.2) is 0 Å². The average molecular weight is 351 g/mol. The quantitative estimate of drug-likeness (QED) is 0.844. The SMILES string of the molecule is NC(c1cc(Br)ccc1Cl)c1c(F)cc(F)cc1F. The predicted octanol–water partition coefficient (Wildman–Crippen LogP) is 4.57. The number of hydrogen-bond donors (Lipinski definition) is 1. The van der Waals surface area contributed by atoms with Crippen molar-refractivity contribution in [2.24, 2.45) is 5.73 Å². The number of benzene rings is 2.